The minimum atomic E-state index is -0.889. The summed E-state index contributed by atoms with van der Waals surface area (Å²) in [6.45, 7) is 2.11. The first-order chi connectivity index (χ1) is 14.0. The van der Waals surface area contributed by atoms with E-state index in [-0.39, 0.29) is 5.56 Å². The predicted octanol–water partition coefficient (Wildman–Crippen LogP) is 6.86. The van der Waals surface area contributed by atoms with Crippen LogP contribution >= 0.6 is 12.2 Å². The molecule has 0 N–H and O–H groups in total. The first kappa shape index (κ1) is 20.5. The van der Waals surface area contributed by atoms with Crippen LogP contribution in [0, 0.1) is 29.3 Å². The summed E-state index contributed by atoms with van der Waals surface area (Å²) in [5.41, 5.74) is 2.46. The lowest BCUT2D eigenvalue weighted by molar-refractivity contribution is 0.587. The monoisotopic (exact) mass is 407 g/mol. The Labute approximate surface area is 172 Å². The molecule has 3 aromatic rings. The third kappa shape index (κ3) is 5.00. The van der Waals surface area contributed by atoms with Crippen LogP contribution in [-0.2, 0) is 6.42 Å². The maximum absolute atomic E-state index is 14.6. The SMILES string of the molecule is CCCc1ccc(-c2ccc(C#Cc3cc(F)c(N=C=S)c(F)c3)cc2F)cc1. The fourth-order valence-electron chi connectivity index (χ4n) is 2.90. The molecule has 0 atom stereocenters. The van der Waals surface area contributed by atoms with E-state index in [0.717, 1.165) is 30.5 Å². The number of isothiocyanates is 1. The highest BCUT2D eigenvalue weighted by Crippen LogP contribution is 2.25. The molecule has 0 bridgehead atoms. The fourth-order valence-corrected chi connectivity index (χ4v) is 2.99. The normalized spacial score (nSPS) is 10.1. The van der Waals surface area contributed by atoms with Crippen molar-refractivity contribution in [3.63, 3.8) is 0 Å². The second-order valence-corrected chi connectivity index (χ2v) is 6.57. The molecule has 3 rings (SSSR count). The molecule has 0 heterocycles. The van der Waals surface area contributed by atoms with Crippen molar-refractivity contribution >= 4 is 23.1 Å². The lowest BCUT2D eigenvalue weighted by Gasteiger charge is -2.06. The Kier molecular flexibility index (Phi) is 6.61. The highest BCUT2D eigenvalue weighted by Gasteiger charge is 2.09. The van der Waals surface area contributed by atoms with Gasteiger partial charge in [0.2, 0.25) is 0 Å². The van der Waals surface area contributed by atoms with Gasteiger partial charge in [-0.15, -0.1) is 0 Å². The van der Waals surface area contributed by atoms with E-state index >= 15 is 0 Å². The van der Waals surface area contributed by atoms with Gasteiger partial charge in [0.05, 0.1) is 5.16 Å². The summed E-state index contributed by atoms with van der Waals surface area (Å²) >= 11 is 4.36. The fraction of sp³-hybridized carbons (Fsp3) is 0.125. The van der Waals surface area contributed by atoms with Gasteiger partial charge in [-0.05, 0) is 54.0 Å². The molecule has 0 unspecified atom stereocenters. The topological polar surface area (TPSA) is 12.4 Å². The Hall–Kier alpha value is -3.19. The van der Waals surface area contributed by atoms with Gasteiger partial charge in [-0.2, -0.15) is 4.99 Å². The molecule has 0 aromatic heterocycles. The highest BCUT2D eigenvalue weighted by atomic mass is 32.1. The molecule has 0 fully saturated rings. The molecule has 0 saturated heterocycles. The van der Waals surface area contributed by atoms with Crippen LogP contribution in [0.25, 0.3) is 11.1 Å². The highest BCUT2D eigenvalue weighted by molar-refractivity contribution is 7.78. The van der Waals surface area contributed by atoms with Gasteiger partial charge in [0.1, 0.15) is 11.5 Å². The van der Waals surface area contributed by atoms with E-state index in [0.29, 0.717) is 11.1 Å². The lowest BCUT2D eigenvalue weighted by Crippen LogP contribution is -1.89. The molecule has 5 heteroatoms. The van der Waals surface area contributed by atoms with Gasteiger partial charge in [0, 0.05) is 16.7 Å². The van der Waals surface area contributed by atoms with E-state index in [4.69, 9.17) is 0 Å². The Balaban J connectivity index is 1.86. The Morgan fingerprint density at radius 2 is 1.45 bits per heavy atom. The summed E-state index contributed by atoms with van der Waals surface area (Å²) < 4.78 is 42.3. The Morgan fingerprint density at radius 3 is 2.03 bits per heavy atom. The Bertz CT molecular complexity index is 1130. The van der Waals surface area contributed by atoms with E-state index in [1.54, 1.807) is 12.1 Å². The first-order valence-corrected chi connectivity index (χ1v) is 9.40. The average Bonchev–Trinajstić information content (AvgIpc) is 2.70. The zero-order valence-electron chi connectivity index (χ0n) is 15.6. The van der Waals surface area contributed by atoms with Crippen LogP contribution in [0.2, 0.25) is 0 Å². The molecule has 0 aliphatic heterocycles. The van der Waals surface area contributed by atoms with Crippen LogP contribution in [0.1, 0.15) is 30.0 Å². The average molecular weight is 407 g/mol. The number of halogens is 3. The van der Waals surface area contributed by atoms with Crippen molar-refractivity contribution in [1.82, 2.24) is 0 Å². The van der Waals surface area contributed by atoms with Gasteiger partial charge in [-0.25, -0.2) is 13.2 Å². The lowest BCUT2D eigenvalue weighted by atomic mass is 10.0. The van der Waals surface area contributed by atoms with Crippen LogP contribution in [-0.4, -0.2) is 5.16 Å². The standard InChI is InChI=1S/C24H16F3NS/c1-2-3-16-6-9-19(10-7-16)20-11-8-17(12-21(20)25)4-5-18-13-22(26)24(28-15-29)23(27)14-18/h6-14H,2-3H2,1H3. The maximum atomic E-state index is 14.6. The second kappa shape index (κ2) is 9.34. The smallest absolute Gasteiger partial charge is 0.153 e. The second-order valence-electron chi connectivity index (χ2n) is 6.38. The molecule has 0 spiro atoms. The van der Waals surface area contributed by atoms with Gasteiger partial charge in [0.15, 0.2) is 11.6 Å². The zero-order valence-corrected chi connectivity index (χ0v) is 16.4. The van der Waals surface area contributed by atoms with Crippen molar-refractivity contribution in [1.29, 1.82) is 0 Å². The molecule has 0 aliphatic carbocycles. The minimum absolute atomic E-state index is 0.110. The van der Waals surface area contributed by atoms with Crippen LogP contribution in [0.4, 0.5) is 18.9 Å². The van der Waals surface area contributed by atoms with E-state index < -0.39 is 23.1 Å². The van der Waals surface area contributed by atoms with Crippen LogP contribution in [0.15, 0.2) is 59.6 Å². The van der Waals surface area contributed by atoms with Crippen molar-refractivity contribution < 1.29 is 13.2 Å². The van der Waals surface area contributed by atoms with Gasteiger partial charge in [-0.3, -0.25) is 0 Å². The van der Waals surface area contributed by atoms with Gasteiger partial charge < -0.3 is 0 Å². The van der Waals surface area contributed by atoms with E-state index in [1.807, 2.05) is 29.4 Å². The summed E-state index contributed by atoms with van der Waals surface area (Å²) in [4.78, 5) is 3.35. The summed E-state index contributed by atoms with van der Waals surface area (Å²) in [6, 6.07) is 14.5. The number of thiocarbonyl (C=S) groups is 1. The minimum Gasteiger partial charge on any atom is -0.206 e. The van der Waals surface area contributed by atoms with E-state index in [9.17, 15) is 13.2 Å². The molecule has 0 saturated carbocycles. The summed E-state index contributed by atoms with van der Waals surface area (Å²) in [7, 11) is 0. The van der Waals surface area contributed by atoms with Crippen molar-refractivity contribution in [2.24, 2.45) is 4.99 Å². The maximum Gasteiger partial charge on any atom is 0.153 e. The summed E-state index contributed by atoms with van der Waals surface area (Å²) in [5, 5.41) is 1.93. The molecule has 1 nitrogen and oxygen atoms in total. The van der Waals surface area contributed by atoms with Crippen molar-refractivity contribution in [2.45, 2.75) is 19.8 Å². The van der Waals surface area contributed by atoms with Gasteiger partial charge in [-0.1, -0.05) is 55.5 Å². The van der Waals surface area contributed by atoms with Crippen LogP contribution in [0.5, 0.6) is 0 Å². The van der Waals surface area contributed by atoms with Crippen molar-refractivity contribution in [3.05, 3.63) is 88.7 Å². The molecule has 144 valence electrons. The number of benzene rings is 3. The number of hydrogen-bond donors (Lipinski definition) is 0. The third-order valence-electron chi connectivity index (χ3n) is 4.30. The van der Waals surface area contributed by atoms with Crippen molar-refractivity contribution in [3.8, 4) is 23.0 Å². The van der Waals surface area contributed by atoms with Crippen LogP contribution in [0.3, 0.4) is 0 Å². The number of aliphatic imine (C=N–C) groups is 1. The largest absolute Gasteiger partial charge is 0.206 e. The number of nitrogens with zero attached hydrogens (tertiary/aromatic N) is 1. The van der Waals surface area contributed by atoms with E-state index in [1.165, 1.54) is 11.6 Å². The summed E-state index contributed by atoms with van der Waals surface area (Å²) in [6.07, 6.45) is 2.04. The Morgan fingerprint density at radius 1 is 0.828 bits per heavy atom. The molecular weight excluding hydrogens is 391 g/mol. The first-order valence-electron chi connectivity index (χ1n) is 8.99. The van der Waals surface area contributed by atoms with Gasteiger partial charge in [0.25, 0.3) is 0 Å². The number of hydrogen-bond acceptors (Lipinski definition) is 2. The number of aryl methyl sites for hydroxylation is 1. The molecule has 0 radical (unpaired) electrons. The quantitative estimate of drug-likeness (QED) is 0.261. The van der Waals surface area contributed by atoms with Gasteiger partial charge >= 0.3 is 0 Å². The molecule has 3 aromatic carbocycles. The van der Waals surface area contributed by atoms with Crippen molar-refractivity contribution in [2.75, 3.05) is 0 Å². The number of rotatable bonds is 4. The summed E-state index contributed by atoms with van der Waals surface area (Å²) in [5.74, 6) is 3.17. The molecule has 0 amide bonds. The van der Waals surface area contributed by atoms with Crippen LogP contribution < -0.4 is 0 Å². The van der Waals surface area contributed by atoms with E-state index in [2.05, 4.69) is 36.0 Å². The predicted molar refractivity (Wildman–Crippen MR) is 113 cm³/mol. The zero-order chi connectivity index (χ0) is 20.8. The molecule has 29 heavy (non-hydrogen) atoms. The molecule has 0 aliphatic rings. The third-order valence-corrected chi connectivity index (χ3v) is 4.39. The molecular formula is C24H16F3NS.